The Labute approximate surface area is 202 Å². The molecule has 2 N–H and O–H groups in total. The molecule has 32 heavy (non-hydrogen) atoms. The van der Waals surface area contributed by atoms with Gasteiger partial charge in [0.2, 0.25) is 0 Å². The van der Waals surface area contributed by atoms with E-state index in [1.54, 1.807) is 0 Å². The fourth-order valence-corrected chi connectivity index (χ4v) is 6.31. The minimum absolute atomic E-state index is 0.304. The van der Waals surface area contributed by atoms with Crippen LogP contribution in [0, 0.1) is 17.8 Å². The summed E-state index contributed by atoms with van der Waals surface area (Å²) in [5, 5.41) is 18.4. The number of nitrogens with zero attached hydrogens (tertiary/aromatic N) is 4. The summed E-state index contributed by atoms with van der Waals surface area (Å²) in [4.78, 5) is 9.99. The second kappa shape index (κ2) is 14.5. The van der Waals surface area contributed by atoms with Gasteiger partial charge in [-0.15, -0.1) is 0 Å². The molecule has 4 fully saturated rings. The number of rotatable bonds is 8. The Hall–Kier alpha value is 0.110. The Morgan fingerprint density at radius 3 is 1.44 bits per heavy atom. The predicted octanol–water partition coefficient (Wildman–Crippen LogP) is 1.73. The molecule has 0 spiro atoms. The Bertz CT molecular complexity index is 454. The van der Waals surface area contributed by atoms with Gasteiger partial charge in [-0.25, -0.2) is 0 Å². The SMILES string of the molecule is C[C@@H]1CCN(CC2CCN(CCO)CC2)C1.OCCN1CCC(CN2CC[C@@H](S)C2)CC1. The van der Waals surface area contributed by atoms with Gasteiger partial charge in [-0.3, -0.25) is 0 Å². The third-order valence-electron chi connectivity index (χ3n) is 8.04. The predicted molar refractivity (Wildman–Crippen MR) is 137 cm³/mol. The molecule has 0 aromatic heterocycles. The number of hydrogen-bond donors (Lipinski definition) is 3. The molecule has 0 aromatic carbocycles. The van der Waals surface area contributed by atoms with E-state index in [1.807, 2.05) is 0 Å². The molecule has 0 amide bonds. The van der Waals surface area contributed by atoms with Crippen molar-refractivity contribution in [1.29, 1.82) is 0 Å². The number of hydrogen-bond acceptors (Lipinski definition) is 7. The van der Waals surface area contributed by atoms with E-state index < -0.39 is 0 Å². The zero-order valence-electron chi connectivity index (χ0n) is 20.6. The van der Waals surface area contributed by atoms with Crippen molar-refractivity contribution in [2.45, 2.75) is 50.7 Å². The fraction of sp³-hybridized carbons (Fsp3) is 1.00. The van der Waals surface area contributed by atoms with Crippen LogP contribution < -0.4 is 0 Å². The maximum atomic E-state index is 8.89. The second-order valence-electron chi connectivity index (χ2n) is 10.9. The number of β-amino-alcohol motifs (C(OH)–C–C–N with tert-alkyl or cyclic N) is 2. The summed E-state index contributed by atoms with van der Waals surface area (Å²) in [6, 6.07) is 0. The highest BCUT2D eigenvalue weighted by atomic mass is 32.1. The second-order valence-corrected chi connectivity index (χ2v) is 11.6. The monoisotopic (exact) mass is 470 g/mol. The Kier molecular flexibility index (Phi) is 12.1. The highest BCUT2D eigenvalue weighted by Crippen LogP contribution is 2.23. The average molecular weight is 471 g/mol. The van der Waals surface area contributed by atoms with Crippen molar-refractivity contribution >= 4 is 12.6 Å². The van der Waals surface area contributed by atoms with Crippen molar-refractivity contribution in [2.24, 2.45) is 17.8 Å². The van der Waals surface area contributed by atoms with Crippen molar-refractivity contribution < 1.29 is 10.2 Å². The van der Waals surface area contributed by atoms with Gasteiger partial charge in [0, 0.05) is 44.5 Å². The van der Waals surface area contributed by atoms with Crippen LogP contribution in [-0.4, -0.2) is 127 Å². The Morgan fingerprint density at radius 2 is 1.06 bits per heavy atom. The van der Waals surface area contributed by atoms with Crippen LogP contribution in [0.4, 0.5) is 0 Å². The zero-order chi connectivity index (χ0) is 22.8. The molecule has 188 valence electrons. The van der Waals surface area contributed by atoms with E-state index >= 15 is 0 Å². The lowest BCUT2D eigenvalue weighted by molar-refractivity contribution is 0.129. The summed E-state index contributed by atoms with van der Waals surface area (Å²) >= 11 is 4.53. The first-order chi connectivity index (χ1) is 15.6. The summed E-state index contributed by atoms with van der Waals surface area (Å²) in [6.45, 7) is 17.1. The van der Waals surface area contributed by atoms with Crippen LogP contribution in [0.15, 0.2) is 0 Å². The van der Waals surface area contributed by atoms with Gasteiger partial charge >= 0.3 is 0 Å². The molecular formula is C25H50N4O2S. The van der Waals surface area contributed by atoms with Crippen LogP contribution in [0.5, 0.6) is 0 Å². The van der Waals surface area contributed by atoms with Gasteiger partial charge < -0.3 is 29.8 Å². The van der Waals surface area contributed by atoms with E-state index in [1.165, 1.54) is 104 Å². The van der Waals surface area contributed by atoms with Crippen molar-refractivity contribution in [3.63, 3.8) is 0 Å². The molecule has 4 aliphatic rings. The van der Waals surface area contributed by atoms with E-state index in [0.29, 0.717) is 18.5 Å². The smallest absolute Gasteiger partial charge is 0.0558 e. The molecule has 0 unspecified atom stereocenters. The minimum Gasteiger partial charge on any atom is -0.395 e. The molecule has 0 radical (unpaired) electrons. The van der Waals surface area contributed by atoms with Gasteiger partial charge in [-0.2, -0.15) is 12.6 Å². The maximum absolute atomic E-state index is 8.89. The standard InChI is InChI=1S/C13H26N2O.C12H24N2OS/c1-12-2-5-15(10-12)11-13-3-6-14(7-4-13)8-9-16;15-8-7-13-4-1-11(2-5-13)9-14-6-3-12(16)10-14/h12-13,16H,2-11H2,1H3;11-12,15-16H,1-10H2/t2*12-/m11/s1. The first-order valence-electron chi connectivity index (χ1n) is 13.3. The lowest BCUT2D eigenvalue weighted by Crippen LogP contribution is -2.39. The maximum Gasteiger partial charge on any atom is 0.0558 e. The Morgan fingerprint density at radius 1 is 0.625 bits per heavy atom. The largest absolute Gasteiger partial charge is 0.395 e. The highest BCUT2D eigenvalue weighted by Gasteiger charge is 2.26. The van der Waals surface area contributed by atoms with Crippen molar-refractivity contribution in [2.75, 3.05) is 91.8 Å². The number of aliphatic hydroxyl groups excluding tert-OH is 2. The molecule has 4 aliphatic heterocycles. The highest BCUT2D eigenvalue weighted by molar-refractivity contribution is 7.81. The minimum atomic E-state index is 0.304. The average Bonchev–Trinajstić information content (AvgIpc) is 3.39. The van der Waals surface area contributed by atoms with Gasteiger partial charge in [-0.1, -0.05) is 6.92 Å². The van der Waals surface area contributed by atoms with E-state index in [0.717, 1.165) is 30.8 Å². The third-order valence-corrected chi connectivity index (χ3v) is 8.46. The van der Waals surface area contributed by atoms with Crippen LogP contribution in [-0.2, 0) is 0 Å². The number of likely N-dealkylation sites (tertiary alicyclic amines) is 4. The summed E-state index contributed by atoms with van der Waals surface area (Å²) in [7, 11) is 0. The van der Waals surface area contributed by atoms with E-state index in [-0.39, 0.29) is 0 Å². The fourth-order valence-electron chi connectivity index (χ4n) is 5.97. The summed E-state index contributed by atoms with van der Waals surface area (Å²) in [6.07, 6.45) is 7.90. The van der Waals surface area contributed by atoms with Crippen LogP contribution >= 0.6 is 12.6 Å². The van der Waals surface area contributed by atoms with E-state index in [2.05, 4.69) is 39.2 Å². The van der Waals surface area contributed by atoms with Crippen molar-refractivity contribution in [3.8, 4) is 0 Å². The number of piperidine rings is 2. The van der Waals surface area contributed by atoms with Gasteiger partial charge in [0.25, 0.3) is 0 Å². The van der Waals surface area contributed by atoms with Crippen LogP contribution in [0.1, 0.15) is 45.4 Å². The zero-order valence-corrected chi connectivity index (χ0v) is 21.5. The summed E-state index contributed by atoms with van der Waals surface area (Å²) < 4.78 is 0. The first-order valence-corrected chi connectivity index (χ1v) is 13.9. The molecule has 4 saturated heterocycles. The molecule has 0 aliphatic carbocycles. The Balaban J connectivity index is 0.000000181. The van der Waals surface area contributed by atoms with Gasteiger partial charge in [0.05, 0.1) is 13.2 Å². The van der Waals surface area contributed by atoms with Crippen molar-refractivity contribution in [3.05, 3.63) is 0 Å². The van der Waals surface area contributed by atoms with Crippen molar-refractivity contribution in [1.82, 2.24) is 19.6 Å². The van der Waals surface area contributed by atoms with Crippen LogP contribution in [0.25, 0.3) is 0 Å². The lowest BCUT2D eigenvalue weighted by atomic mass is 9.96. The molecule has 0 aromatic rings. The first kappa shape index (κ1) is 26.7. The van der Waals surface area contributed by atoms with Gasteiger partial charge in [-0.05, 0) is 95.5 Å². The van der Waals surface area contributed by atoms with Gasteiger partial charge in [0.1, 0.15) is 0 Å². The van der Waals surface area contributed by atoms with Gasteiger partial charge in [0.15, 0.2) is 0 Å². The molecule has 7 heteroatoms. The molecular weight excluding hydrogens is 420 g/mol. The number of aliphatic hydroxyl groups is 2. The normalized spacial score (nSPS) is 30.0. The molecule has 0 saturated carbocycles. The molecule has 4 rings (SSSR count). The number of thiol groups is 1. The van der Waals surface area contributed by atoms with E-state index in [4.69, 9.17) is 10.2 Å². The molecule has 4 heterocycles. The van der Waals surface area contributed by atoms with E-state index in [9.17, 15) is 0 Å². The topological polar surface area (TPSA) is 53.4 Å². The summed E-state index contributed by atoms with van der Waals surface area (Å²) in [5.41, 5.74) is 0. The van der Waals surface area contributed by atoms with Crippen LogP contribution in [0.3, 0.4) is 0 Å². The van der Waals surface area contributed by atoms with Crippen LogP contribution in [0.2, 0.25) is 0 Å². The third kappa shape index (κ3) is 9.40. The lowest BCUT2D eigenvalue weighted by Gasteiger charge is -2.33. The molecule has 2 atom stereocenters. The molecule has 0 bridgehead atoms. The molecule has 6 nitrogen and oxygen atoms in total. The summed E-state index contributed by atoms with van der Waals surface area (Å²) in [5.74, 6) is 2.68. The quantitative estimate of drug-likeness (QED) is 0.470.